The van der Waals surface area contributed by atoms with E-state index in [1.165, 1.54) is 0 Å². The van der Waals surface area contributed by atoms with Crippen molar-refractivity contribution in [1.29, 1.82) is 0 Å². The number of hydrogen-bond donors (Lipinski definition) is 2. The lowest BCUT2D eigenvalue weighted by molar-refractivity contribution is 0.0696. The third-order valence-electron chi connectivity index (χ3n) is 2.70. The van der Waals surface area contributed by atoms with Gasteiger partial charge in [0.25, 0.3) is 0 Å². The van der Waals surface area contributed by atoms with Crippen LogP contribution in [0.4, 0.5) is 5.82 Å². The Balaban J connectivity index is 2.15. The van der Waals surface area contributed by atoms with Gasteiger partial charge in [0.1, 0.15) is 5.82 Å². The van der Waals surface area contributed by atoms with E-state index in [2.05, 4.69) is 26.2 Å². The van der Waals surface area contributed by atoms with Gasteiger partial charge in [-0.05, 0) is 46.6 Å². The van der Waals surface area contributed by atoms with Crippen molar-refractivity contribution in [2.45, 2.75) is 26.3 Å². The van der Waals surface area contributed by atoms with E-state index in [9.17, 15) is 4.79 Å². The number of rotatable bonds is 6. The predicted molar refractivity (Wildman–Crippen MR) is 84.5 cm³/mol. The van der Waals surface area contributed by atoms with Gasteiger partial charge in [0.2, 0.25) is 0 Å². The molecule has 0 radical (unpaired) electrons. The molecule has 0 aliphatic heterocycles. The minimum absolute atomic E-state index is 0.276. The predicted octanol–water partition coefficient (Wildman–Crippen LogP) is 4.17. The highest BCUT2D eigenvalue weighted by Gasteiger charge is 2.08. The van der Waals surface area contributed by atoms with Crippen LogP contribution in [0.15, 0.2) is 28.1 Å². The van der Waals surface area contributed by atoms with Gasteiger partial charge in [-0.1, -0.05) is 13.3 Å². The number of anilines is 1. The number of aromatic carboxylic acids is 1. The number of hydrogen-bond acceptors (Lipinski definition) is 4. The zero-order valence-electron chi connectivity index (χ0n) is 11.0. The largest absolute Gasteiger partial charge is 0.478 e. The fourth-order valence-corrected chi connectivity index (χ4v) is 3.23. The van der Waals surface area contributed by atoms with E-state index in [1.54, 1.807) is 23.5 Å². The lowest BCUT2D eigenvalue weighted by Gasteiger charge is -2.08. The summed E-state index contributed by atoms with van der Waals surface area (Å²) in [5.74, 6) is -0.315. The minimum atomic E-state index is -0.924. The molecule has 0 aliphatic carbocycles. The summed E-state index contributed by atoms with van der Waals surface area (Å²) in [5.41, 5.74) is 1.08. The molecule has 20 heavy (non-hydrogen) atoms. The topological polar surface area (TPSA) is 62.2 Å². The molecule has 0 unspecified atom stereocenters. The van der Waals surface area contributed by atoms with Crippen LogP contribution in [-0.2, 0) is 13.0 Å². The van der Waals surface area contributed by atoms with Crippen LogP contribution in [0, 0.1) is 0 Å². The monoisotopic (exact) mass is 354 g/mol. The van der Waals surface area contributed by atoms with E-state index >= 15 is 0 Å². The molecule has 2 heterocycles. The van der Waals surface area contributed by atoms with Crippen LogP contribution in [0.5, 0.6) is 0 Å². The number of nitrogens with one attached hydrogen (secondary N) is 1. The Bertz CT molecular complexity index is 613. The second-order valence-electron chi connectivity index (χ2n) is 4.35. The van der Waals surface area contributed by atoms with Gasteiger partial charge in [-0.25, -0.2) is 9.78 Å². The molecule has 0 fully saturated rings. The summed E-state index contributed by atoms with van der Waals surface area (Å²) in [6.07, 6.45) is 1.72. The second-order valence-corrected chi connectivity index (χ2v) is 6.89. The molecule has 0 saturated carbocycles. The van der Waals surface area contributed by atoms with Crippen LogP contribution in [0.3, 0.4) is 0 Å². The van der Waals surface area contributed by atoms with E-state index < -0.39 is 5.97 Å². The molecule has 0 bridgehead atoms. The first-order chi connectivity index (χ1) is 9.58. The summed E-state index contributed by atoms with van der Waals surface area (Å²) < 4.78 is 1.08. The van der Waals surface area contributed by atoms with Crippen molar-refractivity contribution >= 4 is 39.1 Å². The van der Waals surface area contributed by atoms with Crippen molar-refractivity contribution in [3.05, 3.63) is 44.2 Å². The third kappa shape index (κ3) is 4.05. The summed E-state index contributed by atoms with van der Waals surface area (Å²) >= 11 is 5.06. The normalized spacial score (nSPS) is 10.5. The van der Waals surface area contributed by atoms with E-state index in [1.807, 2.05) is 19.1 Å². The van der Waals surface area contributed by atoms with Gasteiger partial charge in [-0.3, -0.25) is 0 Å². The first-order valence-corrected chi connectivity index (χ1v) is 7.91. The minimum Gasteiger partial charge on any atom is -0.478 e. The molecule has 0 aromatic carbocycles. The average Bonchev–Trinajstić information content (AvgIpc) is 2.82. The average molecular weight is 355 g/mol. The maximum absolute atomic E-state index is 11.1. The molecule has 0 aliphatic rings. The molecule has 0 saturated heterocycles. The standard InChI is InChI=1S/C14H15BrN2O2S/c1-2-3-10-6-9(14(18)19)7-13(17-10)16-8-11-4-5-12(15)20-11/h4-7H,2-3,8H2,1H3,(H,16,17)(H,18,19). The van der Waals surface area contributed by atoms with Gasteiger partial charge in [0, 0.05) is 10.6 Å². The molecular formula is C14H15BrN2O2S. The van der Waals surface area contributed by atoms with Crippen molar-refractivity contribution in [1.82, 2.24) is 4.98 Å². The summed E-state index contributed by atoms with van der Waals surface area (Å²) in [7, 11) is 0. The number of carbonyl (C=O) groups is 1. The molecule has 0 amide bonds. The van der Waals surface area contributed by atoms with Crippen LogP contribution in [0.1, 0.15) is 34.3 Å². The maximum Gasteiger partial charge on any atom is 0.335 e. The molecule has 106 valence electrons. The second kappa shape index (κ2) is 6.85. The molecule has 2 aromatic rings. The quantitative estimate of drug-likeness (QED) is 0.817. The van der Waals surface area contributed by atoms with E-state index in [4.69, 9.17) is 5.11 Å². The van der Waals surface area contributed by atoms with Crippen LogP contribution < -0.4 is 5.32 Å². The zero-order valence-corrected chi connectivity index (χ0v) is 13.4. The molecule has 2 rings (SSSR count). The van der Waals surface area contributed by atoms with Crippen LogP contribution >= 0.6 is 27.3 Å². The Morgan fingerprint density at radius 3 is 2.85 bits per heavy atom. The van der Waals surface area contributed by atoms with Crippen LogP contribution in [0.2, 0.25) is 0 Å². The summed E-state index contributed by atoms with van der Waals surface area (Å²) in [6.45, 7) is 2.68. The summed E-state index contributed by atoms with van der Waals surface area (Å²) in [5, 5.41) is 12.3. The van der Waals surface area contributed by atoms with Gasteiger partial charge in [-0.15, -0.1) is 11.3 Å². The molecule has 0 atom stereocenters. The van der Waals surface area contributed by atoms with E-state index in [0.717, 1.165) is 27.2 Å². The van der Waals surface area contributed by atoms with E-state index in [-0.39, 0.29) is 5.56 Å². The first-order valence-electron chi connectivity index (χ1n) is 6.31. The summed E-state index contributed by atoms with van der Waals surface area (Å²) in [6, 6.07) is 7.23. The van der Waals surface area contributed by atoms with Gasteiger partial charge in [-0.2, -0.15) is 0 Å². The lowest BCUT2D eigenvalue weighted by Crippen LogP contribution is -2.06. The Morgan fingerprint density at radius 2 is 2.25 bits per heavy atom. The van der Waals surface area contributed by atoms with Crippen molar-refractivity contribution in [3.63, 3.8) is 0 Å². The Labute approximate surface area is 130 Å². The van der Waals surface area contributed by atoms with Crippen LogP contribution in [-0.4, -0.2) is 16.1 Å². The Kier molecular flexibility index (Phi) is 5.14. The number of halogens is 1. The van der Waals surface area contributed by atoms with Crippen molar-refractivity contribution < 1.29 is 9.90 Å². The number of aromatic nitrogens is 1. The Morgan fingerprint density at radius 1 is 1.45 bits per heavy atom. The van der Waals surface area contributed by atoms with Gasteiger partial charge >= 0.3 is 5.97 Å². The van der Waals surface area contributed by atoms with Crippen molar-refractivity contribution in [2.24, 2.45) is 0 Å². The fraction of sp³-hybridized carbons (Fsp3) is 0.286. The number of carboxylic acid groups (broad SMARTS) is 1. The SMILES string of the molecule is CCCc1cc(C(=O)O)cc(NCc2ccc(Br)s2)n1. The maximum atomic E-state index is 11.1. The third-order valence-corrected chi connectivity index (χ3v) is 4.33. The molecule has 4 nitrogen and oxygen atoms in total. The number of nitrogens with zero attached hydrogens (tertiary/aromatic N) is 1. The Hall–Kier alpha value is -1.40. The molecule has 2 N–H and O–H groups in total. The van der Waals surface area contributed by atoms with Crippen LogP contribution in [0.25, 0.3) is 0 Å². The molecular weight excluding hydrogens is 340 g/mol. The number of aryl methyl sites for hydroxylation is 1. The van der Waals surface area contributed by atoms with E-state index in [0.29, 0.717) is 12.4 Å². The lowest BCUT2D eigenvalue weighted by atomic mass is 10.1. The number of carboxylic acids is 1. The number of pyridine rings is 1. The van der Waals surface area contributed by atoms with Gasteiger partial charge < -0.3 is 10.4 Å². The molecule has 2 aromatic heterocycles. The van der Waals surface area contributed by atoms with Crippen molar-refractivity contribution in [3.8, 4) is 0 Å². The highest BCUT2D eigenvalue weighted by molar-refractivity contribution is 9.11. The number of thiophene rings is 1. The molecule has 0 spiro atoms. The van der Waals surface area contributed by atoms with Crippen molar-refractivity contribution in [2.75, 3.05) is 5.32 Å². The smallest absolute Gasteiger partial charge is 0.335 e. The fourth-order valence-electron chi connectivity index (χ4n) is 1.81. The highest BCUT2D eigenvalue weighted by Crippen LogP contribution is 2.23. The molecule has 6 heteroatoms. The van der Waals surface area contributed by atoms with Gasteiger partial charge in [0.15, 0.2) is 0 Å². The zero-order chi connectivity index (χ0) is 14.5. The summed E-state index contributed by atoms with van der Waals surface area (Å²) in [4.78, 5) is 16.7. The first kappa shape index (κ1) is 15.0. The highest BCUT2D eigenvalue weighted by atomic mass is 79.9. The van der Waals surface area contributed by atoms with Gasteiger partial charge in [0.05, 0.1) is 15.9 Å².